The van der Waals surface area contributed by atoms with Crippen LogP contribution >= 0.6 is 0 Å². The number of carbonyl (C=O) groups excluding carboxylic acids is 1. The molecular weight excluding hydrogens is 384 g/mol. The van der Waals surface area contributed by atoms with Gasteiger partial charge >= 0.3 is 5.97 Å². The van der Waals surface area contributed by atoms with Gasteiger partial charge in [-0.05, 0) is 79.1 Å². The van der Waals surface area contributed by atoms with E-state index in [0.717, 1.165) is 30.3 Å². The molecule has 0 spiro atoms. The van der Waals surface area contributed by atoms with Crippen LogP contribution in [0.25, 0.3) is 0 Å². The average molecular weight is 429 g/mol. The number of hydrogen-bond donors (Lipinski definition) is 1. The van der Waals surface area contributed by atoms with Gasteiger partial charge in [0.25, 0.3) is 0 Å². The molecule has 3 aliphatic carbocycles. The van der Waals surface area contributed by atoms with Crippen LogP contribution in [0.15, 0.2) is 23.3 Å². The van der Waals surface area contributed by atoms with Crippen LogP contribution in [0.2, 0.25) is 0 Å². The Bertz CT molecular complexity index is 749. The molecule has 174 valence electrons. The van der Waals surface area contributed by atoms with Crippen LogP contribution in [0, 0.1) is 46.8 Å². The van der Waals surface area contributed by atoms with Crippen molar-refractivity contribution < 1.29 is 14.6 Å². The van der Waals surface area contributed by atoms with Gasteiger partial charge in [0.15, 0.2) is 0 Å². The summed E-state index contributed by atoms with van der Waals surface area (Å²) in [7, 11) is 0. The van der Waals surface area contributed by atoms with E-state index in [4.69, 9.17) is 4.74 Å². The molecular formula is C28H44O3. The fraction of sp³-hybridized carbons (Fsp3) is 0.821. The number of aliphatic hydroxyl groups excluding tert-OH is 1. The Balaban J connectivity index is 1.56. The predicted molar refractivity (Wildman–Crippen MR) is 125 cm³/mol. The maximum atomic E-state index is 12.1. The maximum Gasteiger partial charge on any atom is 0.310 e. The lowest BCUT2D eigenvalue weighted by atomic mass is 9.52. The third-order valence-corrected chi connectivity index (χ3v) is 10.1. The second-order valence-electron chi connectivity index (χ2n) is 12.0. The molecule has 9 unspecified atom stereocenters. The molecule has 0 aromatic rings. The Morgan fingerprint density at radius 3 is 2.65 bits per heavy atom. The summed E-state index contributed by atoms with van der Waals surface area (Å²) in [4.78, 5) is 12.1. The van der Waals surface area contributed by atoms with Gasteiger partial charge in [-0.2, -0.15) is 0 Å². The van der Waals surface area contributed by atoms with Crippen LogP contribution in [0.4, 0.5) is 0 Å². The zero-order valence-electron chi connectivity index (χ0n) is 20.6. The first-order chi connectivity index (χ1) is 14.6. The highest BCUT2D eigenvalue weighted by Crippen LogP contribution is 2.64. The zero-order chi connectivity index (χ0) is 22.5. The normalized spacial score (nSPS) is 41.9. The molecule has 3 nitrogen and oxygen atoms in total. The summed E-state index contributed by atoms with van der Waals surface area (Å²) >= 11 is 0. The number of carbonyl (C=O) groups is 1. The van der Waals surface area contributed by atoms with Gasteiger partial charge < -0.3 is 9.84 Å². The van der Waals surface area contributed by atoms with Crippen molar-refractivity contribution in [2.75, 3.05) is 0 Å². The highest BCUT2D eigenvalue weighted by atomic mass is 16.5. The van der Waals surface area contributed by atoms with Crippen LogP contribution < -0.4 is 0 Å². The number of esters is 1. The van der Waals surface area contributed by atoms with Crippen molar-refractivity contribution in [2.45, 2.75) is 98.7 Å². The quantitative estimate of drug-likeness (QED) is 0.521. The van der Waals surface area contributed by atoms with Crippen LogP contribution in [-0.4, -0.2) is 23.3 Å². The van der Waals surface area contributed by atoms with Gasteiger partial charge in [-0.15, -0.1) is 0 Å². The number of hydrogen-bond acceptors (Lipinski definition) is 3. The van der Waals surface area contributed by atoms with E-state index in [-0.39, 0.29) is 29.5 Å². The minimum atomic E-state index is -0.283. The molecule has 2 fully saturated rings. The minimum absolute atomic E-state index is 0.112. The Hall–Kier alpha value is -1.09. The van der Waals surface area contributed by atoms with Gasteiger partial charge in [-0.1, -0.05) is 65.2 Å². The molecule has 9 atom stereocenters. The largest absolute Gasteiger partial charge is 0.457 e. The van der Waals surface area contributed by atoms with Crippen LogP contribution in [0.5, 0.6) is 0 Å². The van der Waals surface area contributed by atoms with Crippen molar-refractivity contribution in [1.82, 2.24) is 0 Å². The summed E-state index contributed by atoms with van der Waals surface area (Å²) < 4.78 is 5.87. The van der Waals surface area contributed by atoms with Crippen molar-refractivity contribution in [3.8, 4) is 0 Å². The predicted octanol–water partition coefficient (Wildman–Crippen LogP) is 6.32. The Kier molecular flexibility index (Phi) is 6.47. The molecule has 2 saturated carbocycles. The lowest BCUT2D eigenvalue weighted by Gasteiger charge is -2.54. The Morgan fingerprint density at radius 1 is 1.19 bits per heavy atom. The molecule has 31 heavy (non-hydrogen) atoms. The summed E-state index contributed by atoms with van der Waals surface area (Å²) in [5.74, 6) is 4.07. The molecule has 0 aromatic carbocycles. The van der Waals surface area contributed by atoms with Gasteiger partial charge in [-0.3, -0.25) is 4.79 Å². The van der Waals surface area contributed by atoms with E-state index in [1.807, 2.05) is 6.08 Å². The van der Waals surface area contributed by atoms with E-state index in [2.05, 4.69) is 47.6 Å². The van der Waals surface area contributed by atoms with Gasteiger partial charge in [0, 0.05) is 5.92 Å². The molecule has 1 N–H and O–H groups in total. The van der Waals surface area contributed by atoms with Crippen molar-refractivity contribution in [1.29, 1.82) is 0 Å². The van der Waals surface area contributed by atoms with E-state index in [1.165, 1.54) is 31.3 Å². The molecule has 0 bridgehead atoms. The van der Waals surface area contributed by atoms with Crippen molar-refractivity contribution in [3.05, 3.63) is 23.3 Å². The Labute approximate surface area is 189 Å². The first-order valence-electron chi connectivity index (χ1n) is 12.9. The van der Waals surface area contributed by atoms with Gasteiger partial charge in [0.2, 0.25) is 0 Å². The second kappa shape index (κ2) is 8.69. The minimum Gasteiger partial charge on any atom is -0.457 e. The SMILES string of the molecule is CC1=C2C=CCC(=O)OC2CC2C1C(O)CC1(C)C(C(C)CCC(C)C(C)C)CCC21. The van der Waals surface area contributed by atoms with Crippen LogP contribution in [0.1, 0.15) is 86.5 Å². The van der Waals surface area contributed by atoms with E-state index in [9.17, 15) is 9.90 Å². The molecule has 4 aliphatic rings. The van der Waals surface area contributed by atoms with E-state index in [1.54, 1.807) is 0 Å². The number of ether oxygens (including phenoxy) is 1. The molecule has 0 aromatic heterocycles. The van der Waals surface area contributed by atoms with E-state index in [0.29, 0.717) is 30.1 Å². The lowest BCUT2D eigenvalue weighted by molar-refractivity contribution is -0.149. The first-order valence-corrected chi connectivity index (χ1v) is 12.9. The second-order valence-corrected chi connectivity index (χ2v) is 12.0. The molecule has 4 rings (SSSR count). The summed E-state index contributed by atoms with van der Waals surface area (Å²) in [5, 5.41) is 11.4. The van der Waals surface area contributed by atoms with Crippen molar-refractivity contribution in [2.24, 2.45) is 46.8 Å². The van der Waals surface area contributed by atoms with Gasteiger partial charge in [0.05, 0.1) is 12.5 Å². The highest BCUT2D eigenvalue weighted by Gasteiger charge is 2.59. The monoisotopic (exact) mass is 428 g/mol. The summed E-state index contributed by atoms with van der Waals surface area (Å²) in [5.41, 5.74) is 2.62. The van der Waals surface area contributed by atoms with E-state index >= 15 is 0 Å². The van der Waals surface area contributed by atoms with E-state index < -0.39 is 0 Å². The Morgan fingerprint density at radius 2 is 1.94 bits per heavy atom. The van der Waals surface area contributed by atoms with Gasteiger partial charge in [0.1, 0.15) is 6.10 Å². The molecule has 1 aliphatic heterocycles. The smallest absolute Gasteiger partial charge is 0.310 e. The van der Waals surface area contributed by atoms with Gasteiger partial charge in [-0.25, -0.2) is 0 Å². The molecule has 1 heterocycles. The number of fused-ring (bicyclic) bond motifs is 4. The first kappa shape index (κ1) is 23.1. The van der Waals surface area contributed by atoms with Crippen molar-refractivity contribution in [3.63, 3.8) is 0 Å². The number of rotatable bonds is 5. The fourth-order valence-corrected chi connectivity index (χ4v) is 7.99. The fourth-order valence-electron chi connectivity index (χ4n) is 7.99. The van der Waals surface area contributed by atoms with Crippen molar-refractivity contribution >= 4 is 5.97 Å². The standard InChI is InChI=1S/C28H44O3/c1-16(2)17(3)10-11-18(4)22-12-13-23-21-14-25-20(8-7-9-26(30)31-25)19(5)27(21)24(29)15-28(22,23)6/h7-8,16-18,21-25,27,29H,9-15H2,1-6H3. The summed E-state index contributed by atoms with van der Waals surface area (Å²) in [6.45, 7) is 14.2. The van der Waals surface area contributed by atoms with Crippen LogP contribution in [0.3, 0.4) is 0 Å². The summed E-state index contributed by atoms with van der Waals surface area (Å²) in [6.07, 6.45) is 10.9. The molecule has 0 radical (unpaired) electrons. The zero-order valence-corrected chi connectivity index (χ0v) is 20.6. The maximum absolute atomic E-state index is 12.1. The number of aliphatic hydroxyl groups is 1. The summed E-state index contributed by atoms with van der Waals surface area (Å²) in [6, 6.07) is 0. The highest BCUT2D eigenvalue weighted by molar-refractivity contribution is 5.73. The third-order valence-electron chi connectivity index (χ3n) is 10.1. The third kappa shape index (κ3) is 4.05. The van der Waals surface area contributed by atoms with Crippen LogP contribution in [-0.2, 0) is 9.53 Å². The topological polar surface area (TPSA) is 46.5 Å². The molecule has 0 amide bonds. The molecule has 3 heteroatoms. The average Bonchev–Trinajstić information content (AvgIpc) is 2.92. The molecule has 0 saturated heterocycles. The lowest BCUT2D eigenvalue weighted by Crippen LogP contribution is -2.52.